The van der Waals surface area contributed by atoms with Gasteiger partial charge in [0.15, 0.2) is 11.3 Å². The van der Waals surface area contributed by atoms with Crippen molar-refractivity contribution in [2.45, 2.75) is 26.6 Å². The van der Waals surface area contributed by atoms with E-state index in [-0.39, 0.29) is 19.0 Å². The monoisotopic (exact) mass is 495 g/mol. The molecule has 2 aromatic carbocycles. The first-order valence-corrected chi connectivity index (χ1v) is 11.0. The van der Waals surface area contributed by atoms with Crippen molar-refractivity contribution >= 4 is 32.9 Å². The molecular weight excluding hydrogens is 474 g/mol. The highest BCUT2D eigenvalue weighted by Gasteiger charge is 2.15. The Bertz CT molecular complexity index is 1210. The standard InChI is InChI=1S/C25H22BrNO5/c1-2-29-24(28)11-17-7-3-4-9-22(17)30-14-18-15-32-25-21(18)12-19(26)13-23(25)31-16-20-8-5-6-10-27-20/h3-10,12-13,15H,2,11,14,16H2,1H3. The van der Waals surface area contributed by atoms with Gasteiger partial charge in [-0.05, 0) is 37.3 Å². The molecule has 0 bridgehead atoms. The SMILES string of the molecule is CCOC(=O)Cc1ccccc1OCc1coc2c(OCc3ccccn3)cc(Br)cc12. The average Bonchev–Trinajstić information content (AvgIpc) is 3.20. The molecule has 0 aliphatic rings. The van der Waals surface area contributed by atoms with Gasteiger partial charge < -0.3 is 18.6 Å². The molecule has 0 aliphatic carbocycles. The summed E-state index contributed by atoms with van der Waals surface area (Å²) in [5.41, 5.74) is 3.12. The van der Waals surface area contributed by atoms with Gasteiger partial charge in [0.2, 0.25) is 0 Å². The van der Waals surface area contributed by atoms with Crippen LogP contribution >= 0.6 is 15.9 Å². The number of halogens is 1. The average molecular weight is 496 g/mol. The molecule has 2 heterocycles. The fraction of sp³-hybridized carbons (Fsp3) is 0.200. The number of esters is 1. The fourth-order valence-electron chi connectivity index (χ4n) is 3.29. The largest absolute Gasteiger partial charge is 0.488 e. The van der Waals surface area contributed by atoms with Crippen molar-refractivity contribution in [3.8, 4) is 11.5 Å². The summed E-state index contributed by atoms with van der Waals surface area (Å²) < 4.78 is 23.8. The topological polar surface area (TPSA) is 70.8 Å². The summed E-state index contributed by atoms with van der Waals surface area (Å²) in [5.74, 6) is 0.974. The Morgan fingerprint density at radius 2 is 1.81 bits per heavy atom. The van der Waals surface area contributed by atoms with Crippen molar-refractivity contribution < 1.29 is 23.4 Å². The first kappa shape index (κ1) is 21.9. The summed E-state index contributed by atoms with van der Waals surface area (Å²) >= 11 is 3.55. The third-order valence-corrected chi connectivity index (χ3v) is 5.24. The summed E-state index contributed by atoms with van der Waals surface area (Å²) in [6, 6.07) is 17.0. The number of benzene rings is 2. The highest BCUT2D eigenvalue weighted by Crippen LogP contribution is 2.34. The zero-order valence-electron chi connectivity index (χ0n) is 17.5. The quantitative estimate of drug-likeness (QED) is 0.271. The van der Waals surface area contributed by atoms with Gasteiger partial charge in [0.1, 0.15) is 19.0 Å². The van der Waals surface area contributed by atoms with E-state index < -0.39 is 0 Å². The molecule has 6 nitrogen and oxygen atoms in total. The summed E-state index contributed by atoms with van der Waals surface area (Å²) in [4.78, 5) is 16.2. The molecule has 0 spiro atoms. The Morgan fingerprint density at radius 1 is 1.00 bits per heavy atom. The number of hydrogen-bond acceptors (Lipinski definition) is 6. The van der Waals surface area contributed by atoms with E-state index in [1.165, 1.54) is 0 Å². The maximum atomic E-state index is 11.9. The minimum Gasteiger partial charge on any atom is -0.488 e. The number of ether oxygens (including phenoxy) is 3. The zero-order chi connectivity index (χ0) is 22.3. The van der Waals surface area contributed by atoms with Crippen molar-refractivity contribution in [3.05, 3.63) is 88.4 Å². The summed E-state index contributed by atoms with van der Waals surface area (Å²) in [6.07, 6.45) is 3.56. The predicted octanol–water partition coefficient (Wildman–Crippen LogP) is 5.85. The number of hydrogen-bond donors (Lipinski definition) is 0. The van der Waals surface area contributed by atoms with E-state index >= 15 is 0 Å². The number of rotatable bonds is 9. The maximum Gasteiger partial charge on any atom is 0.310 e. The lowest BCUT2D eigenvalue weighted by molar-refractivity contribution is -0.142. The smallest absolute Gasteiger partial charge is 0.310 e. The lowest BCUT2D eigenvalue weighted by Gasteiger charge is -2.11. The lowest BCUT2D eigenvalue weighted by atomic mass is 10.1. The van der Waals surface area contributed by atoms with Crippen LogP contribution in [0.4, 0.5) is 0 Å². The van der Waals surface area contributed by atoms with Crippen LogP contribution in [-0.4, -0.2) is 17.6 Å². The van der Waals surface area contributed by atoms with Gasteiger partial charge in [-0.15, -0.1) is 0 Å². The van der Waals surface area contributed by atoms with Crippen molar-refractivity contribution in [1.29, 1.82) is 0 Å². The van der Waals surface area contributed by atoms with Gasteiger partial charge in [-0.1, -0.05) is 40.2 Å². The van der Waals surface area contributed by atoms with Crippen LogP contribution in [0.2, 0.25) is 0 Å². The summed E-state index contributed by atoms with van der Waals surface area (Å²) in [7, 11) is 0. The van der Waals surface area contributed by atoms with Gasteiger partial charge in [0, 0.05) is 27.2 Å². The second kappa shape index (κ2) is 10.3. The fourth-order valence-corrected chi connectivity index (χ4v) is 3.73. The number of carbonyl (C=O) groups excluding carboxylic acids is 1. The Labute approximate surface area is 194 Å². The van der Waals surface area contributed by atoms with Crippen molar-refractivity contribution in [2.24, 2.45) is 0 Å². The van der Waals surface area contributed by atoms with Crippen molar-refractivity contribution in [3.63, 3.8) is 0 Å². The Kier molecular flexibility index (Phi) is 7.07. The number of para-hydroxylation sites is 1. The van der Waals surface area contributed by atoms with E-state index in [0.717, 1.165) is 26.7 Å². The van der Waals surface area contributed by atoms with E-state index in [1.54, 1.807) is 19.4 Å². The van der Waals surface area contributed by atoms with Crippen molar-refractivity contribution in [1.82, 2.24) is 4.98 Å². The Morgan fingerprint density at radius 3 is 2.62 bits per heavy atom. The minimum atomic E-state index is -0.282. The third-order valence-electron chi connectivity index (χ3n) is 4.78. The molecule has 0 saturated heterocycles. The van der Waals surface area contributed by atoms with Crippen LogP contribution in [-0.2, 0) is 29.2 Å². The van der Waals surface area contributed by atoms with Gasteiger partial charge in [0.25, 0.3) is 0 Å². The van der Waals surface area contributed by atoms with Crippen molar-refractivity contribution in [2.75, 3.05) is 6.61 Å². The van der Waals surface area contributed by atoms with Crippen LogP contribution in [0.5, 0.6) is 11.5 Å². The molecule has 0 fully saturated rings. The molecule has 0 radical (unpaired) electrons. The van der Waals surface area contributed by atoms with E-state index in [1.807, 2.05) is 54.6 Å². The second-order valence-electron chi connectivity index (χ2n) is 7.03. The first-order chi connectivity index (χ1) is 15.6. The molecule has 2 aromatic heterocycles. The minimum absolute atomic E-state index is 0.160. The molecule has 7 heteroatoms. The maximum absolute atomic E-state index is 11.9. The summed E-state index contributed by atoms with van der Waals surface area (Å²) in [5, 5.41) is 0.887. The summed E-state index contributed by atoms with van der Waals surface area (Å²) in [6.45, 7) is 2.75. The van der Waals surface area contributed by atoms with Gasteiger partial charge in [0.05, 0.1) is 25.0 Å². The van der Waals surface area contributed by atoms with Crippen LogP contribution in [0.15, 0.2) is 75.9 Å². The Balaban J connectivity index is 1.51. The van der Waals surface area contributed by atoms with E-state index in [0.29, 0.717) is 30.3 Å². The van der Waals surface area contributed by atoms with Crippen LogP contribution < -0.4 is 9.47 Å². The second-order valence-corrected chi connectivity index (χ2v) is 7.95. The van der Waals surface area contributed by atoms with Gasteiger partial charge in [-0.25, -0.2) is 0 Å². The van der Waals surface area contributed by atoms with Crippen LogP contribution in [0.1, 0.15) is 23.7 Å². The molecule has 0 amide bonds. The number of carbonyl (C=O) groups is 1. The highest BCUT2D eigenvalue weighted by atomic mass is 79.9. The van der Waals surface area contributed by atoms with Crippen LogP contribution in [0.25, 0.3) is 11.0 Å². The number of fused-ring (bicyclic) bond motifs is 1. The number of nitrogens with zero attached hydrogens (tertiary/aromatic N) is 1. The molecule has 0 N–H and O–H groups in total. The number of pyridine rings is 1. The molecule has 0 saturated carbocycles. The Hall–Kier alpha value is -3.32. The molecule has 4 aromatic rings. The van der Waals surface area contributed by atoms with Crippen LogP contribution in [0.3, 0.4) is 0 Å². The molecule has 4 rings (SSSR count). The molecule has 164 valence electrons. The van der Waals surface area contributed by atoms with E-state index in [9.17, 15) is 4.79 Å². The third kappa shape index (κ3) is 5.29. The van der Waals surface area contributed by atoms with E-state index in [4.69, 9.17) is 18.6 Å². The number of aromatic nitrogens is 1. The van der Waals surface area contributed by atoms with Gasteiger partial charge in [-0.2, -0.15) is 0 Å². The number of furan rings is 1. The molecule has 0 unspecified atom stereocenters. The molecular formula is C25H22BrNO5. The highest BCUT2D eigenvalue weighted by molar-refractivity contribution is 9.10. The van der Waals surface area contributed by atoms with Gasteiger partial charge >= 0.3 is 5.97 Å². The molecule has 0 atom stereocenters. The normalized spacial score (nSPS) is 10.8. The predicted molar refractivity (Wildman–Crippen MR) is 124 cm³/mol. The van der Waals surface area contributed by atoms with Crippen LogP contribution in [0, 0.1) is 0 Å². The zero-order valence-corrected chi connectivity index (χ0v) is 19.1. The molecule has 32 heavy (non-hydrogen) atoms. The lowest BCUT2D eigenvalue weighted by Crippen LogP contribution is -2.09. The first-order valence-electron chi connectivity index (χ1n) is 10.2. The van der Waals surface area contributed by atoms with E-state index in [2.05, 4.69) is 20.9 Å². The molecule has 0 aliphatic heterocycles. The van der Waals surface area contributed by atoms with Gasteiger partial charge in [-0.3, -0.25) is 9.78 Å².